The third-order valence-corrected chi connectivity index (χ3v) is 2.58. The van der Waals surface area contributed by atoms with Gasteiger partial charge in [-0.1, -0.05) is 24.9 Å². The molecule has 1 rings (SSSR count). The lowest BCUT2D eigenvalue weighted by atomic mass is 9.91. The van der Waals surface area contributed by atoms with Crippen molar-refractivity contribution in [2.24, 2.45) is 0 Å². The van der Waals surface area contributed by atoms with Crippen LogP contribution in [0.4, 0.5) is 4.39 Å². The molecule has 0 fully saturated rings. The smallest absolute Gasteiger partial charge is 0.123 e. The summed E-state index contributed by atoms with van der Waals surface area (Å²) < 4.78 is 12.9. The van der Waals surface area contributed by atoms with Gasteiger partial charge in [-0.3, -0.25) is 0 Å². The fraction of sp³-hybridized carbons (Fsp3) is 0.455. The zero-order chi connectivity index (χ0) is 10.8. The maximum Gasteiger partial charge on any atom is 0.123 e. The minimum absolute atomic E-state index is 0.374. The van der Waals surface area contributed by atoms with Crippen LogP contribution in [0.5, 0.6) is 0 Å². The van der Waals surface area contributed by atoms with E-state index in [1.165, 1.54) is 18.2 Å². The van der Waals surface area contributed by atoms with Crippen molar-refractivity contribution in [1.82, 2.24) is 0 Å². The average molecular weight is 217 g/mol. The zero-order valence-electron chi connectivity index (χ0n) is 8.35. The maximum absolute atomic E-state index is 12.9. The van der Waals surface area contributed by atoms with Gasteiger partial charge in [-0.15, -0.1) is 0 Å². The molecule has 0 aliphatic heterocycles. The number of hydrogen-bond donors (Lipinski definition) is 1. The highest BCUT2D eigenvalue weighted by Gasteiger charge is 2.24. The molecule has 0 spiro atoms. The highest BCUT2D eigenvalue weighted by molar-refractivity contribution is 6.31. The largest absolute Gasteiger partial charge is 0.385 e. The average Bonchev–Trinajstić information content (AvgIpc) is 2.09. The molecule has 14 heavy (non-hydrogen) atoms. The number of aliphatic hydroxyl groups is 1. The summed E-state index contributed by atoms with van der Waals surface area (Å²) in [5.74, 6) is -0.374. The molecule has 0 radical (unpaired) electrons. The minimum atomic E-state index is -1.05. The molecule has 0 aliphatic rings. The molecule has 0 bridgehead atoms. The normalized spacial score (nSPS) is 15.2. The molecule has 1 aromatic rings. The van der Waals surface area contributed by atoms with E-state index in [1.807, 2.05) is 6.92 Å². The van der Waals surface area contributed by atoms with Crippen molar-refractivity contribution in [2.45, 2.75) is 32.3 Å². The molecule has 78 valence electrons. The van der Waals surface area contributed by atoms with Crippen molar-refractivity contribution < 1.29 is 9.50 Å². The summed E-state index contributed by atoms with van der Waals surface area (Å²) in [7, 11) is 0. The topological polar surface area (TPSA) is 20.2 Å². The molecule has 1 nitrogen and oxygen atoms in total. The fourth-order valence-corrected chi connectivity index (χ4v) is 1.85. The van der Waals surface area contributed by atoms with Gasteiger partial charge in [-0.2, -0.15) is 0 Å². The quantitative estimate of drug-likeness (QED) is 0.820. The Morgan fingerprint density at radius 3 is 2.71 bits per heavy atom. The van der Waals surface area contributed by atoms with Crippen LogP contribution in [0, 0.1) is 5.82 Å². The van der Waals surface area contributed by atoms with Gasteiger partial charge in [0, 0.05) is 10.6 Å². The fourth-order valence-electron chi connectivity index (χ4n) is 1.53. The molecule has 1 aromatic carbocycles. The van der Waals surface area contributed by atoms with Crippen molar-refractivity contribution in [3.63, 3.8) is 0 Å². The predicted molar refractivity (Wildman–Crippen MR) is 55.9 cm³/mol. The van der Waals surface area contributed by atoms with Gasteiger partial charge in [0.1, 0.15) is 5.82 Å². The molecule has 1 N–H and O–H groups in total. The van der Waals surface area contributed by atoms with Crippen molar-refractivity contribution in [3.05, 3.63) is 34.6 Å². The van der Waals surface area contributed by atoms with E-state index in [9.17, 15) is 9.50 Å². The van der Waals surface area contributed by atoms with Gasteiger partial charge in [-0.05, 0) is 31.5 Å². The van der Waals surface area contributed by atoms with Crippen LogP contribution >= 0.6 is 11.6 Å². The van der Waals surface area contributed by atoms with E-state index in [0.29, 0.717) is 17.0 Å². The SMILES string of the molecule is CCCC(C)(O)c1cc(F)ccc1Cl. The predicted octanol–water partition coefficient (Wildman–Crippen LogP) is 3.49. The summed E-state index contributed by atoms with van der Waals surface area (Å²) in [6.07, 6.45) is 1.38. The van der Waals surface area contributed by atoms with E-state index in [-0.39, 0.29) is 5.82 Å². The Morgan fingerprint density at radius 1 is 1.50 bits per heavy atom. The summed E-state index contributed by atoms with van der Waals surface area (Å²) in [6.45, 7) is 3.61. The first-order chi connectivity index (χ1) is 6.47. The van der Waals surface area contributed by atoms with E-state index in [2.05, 4.69) is 0 Å². The van der Waals surface area contributed by atoms with Gasteiger partial charge < -0.3 is 5.11 Å². The van der Waals surface area contributed by atoms with E-state index in [4.69, 9.17) is 11.6 Å². The van der Waals surface area contributed by atoms with E-state index in [1.54, 1.807) is 6.92 Å². The Bertz CT molecular complexity index is 323. The lowest BCUT2D eigenvalue weighted by molar-refractivity contribution is 0.0468. The Morgan fingerprint density at radius 2 is 2.14 bits per heavy atom. The van der Waals surface area contributed by atoms with Gasteiger partial charge in [-0.25, -0.2) is 4.39 Å². The molecule has 0 amide bonds. The maximum atomic E-state index is 12.9. The van der Waals surface area contributed by atoms with Gasteiger partial charge in [0.05, 0.1) is 5.60 Å². The van der Waals surface area contributed by atoms with Crippen LogP contribution in [0.2, 0.25) is 5.02 Å². The monoisotopic (exact) mass is 216 g/mol. The van der Waals surface area contributed by atoms with Crippen molar-refractivity contribution in [2.75, 3.05) is 0 Å². The van der Waals surface area contributed by atoms with Crippen molar-refractivity contribution in [1.29, 1.82) is 0 Å². The van der Waals surface area contributed by atoms with E-state index >= 15 is 0 Å². The summed E-state index contributed by atoms with van der Waals surface area (Å²) in [5, 5.41) is 10.4. The second kappa shape index (κ2) is 4.28. The lowest BCUT2D eigenvalue weighted by Crippen LogP contribution is -2.21. The second-order valence-corrected chi connectivity index (χ2v) is 4.06. The first-order valence-corrected chi connectivity index (χ1v) is 5.03. The zero-order valence-corrected chi connectivity index (χ0v) is 9.11. The number of halogens is 2. The van der Waals surface area contributed by atoms with Crippen LogP contribution in [0.15, 0.2) is 18.2 Å². The molecular weight excluding hydrogens is 203 g/mol. The standard InChI is InChI=1S/C11H14ClFO/c1-3-6-11(2,14)9-7-8(13)4-5-10(9)12/h4-5,7,14H,3,6H2,1-2H3. The molecule has 3 heteroatoms. The van der Waals surface area contributed by atoms with Crippen molar-refractivity contribution >= 4 is 11.6 Å². The van der Waals surface area contributed by atoms with Crippen LogP contribution < -0.4 is 0 Å². The Kier molecular flexibility index (Phi) is 3.51. The molecular formula is C11H14ClFO. The molecule has 0 aliphatic carbocycles. The summed E-state index contributed by atoms with van der Waals surface area (Å²) in [6, 6.07) is 4.04. The van der Waals surface area contributed by atoms with Crippen LogP contribution in [0.3, 0.4) is 0 Å². The summed E-state index contributed by atoms with van der Waals surface area (Å²) in [5.41, 5.74) is -0.588. The molecule has 1 unspecified atom stereocenters. The minimum Gasteiger partial charge on any atom is -0.385 e. The Balaban J connectivity index is 3.10. The number of benzene rings is 1. The molecule has 0 saturated heterocycles. The van der Waals surface area contributed by atoms with Crippen LogP contribution in [-0.4, -0.2) is 5.11 Å². The lowest BCUT2D eigenvalue weighted by Gasteiger charge is -2.24. The van der Waals surface area contributed by atoms with Crippen molar-refractivity contribution in [3.8, 4) is 0 Å². The van der Waals surface area contributed by atoms with Crippen LogP contribution in [0.25, 0.3) is 0 Å². The third-order valence-electron chi connectivity index (χ3n) is 2.25. The first-order valence-electron chi connectivity index (χ1n) is 4.65. The Hall–Kier alpha value is -0.600. The second-order valence-electron chi connectivity index (χ2n) is 3.65. The molecule has 0 heterocycles. The van der Waals surface area contributed by atoms with E-state index in [0.717, 1.165) is 6.42 Å². The van der Waals surface area contributed by atoms with E-state index < -0.39 is 5.60 Å². The first kappa shape index (κ1) is 11.5. The number of rotatable bonds is 3. The highest BCUT2D eigenvalue weighted by Crippen LogP contribution is 2.31. The number of hydrogen-bond acceptors (Lipinski definition) is 1. The van der Waals surface area contributed by atoms with Crippen LogP contribution in [-0.2, 0) is 5.60 Å². The van der Waals surface area contributed by atoms with Gasteiger partial charge in [0.15, 0.2) is 0 Å². The summed E-state index contributed by atoms with van der Waals surface area (Å²) in [4.78, 5) is 0. The molecule has 0 saturated carbocycles. The highest BCUT2D eigenvalue weighted by atomic mass is 35.5. The summed E-state index contributed by atoms with van der Waals surface area (Å²) >= 11 is 5.89. The van der Waals surface area contributed by atoms with Gasteiger partial charge >= 0.3 is 0 Å². The molecule has 1 atom stereocenters. The van der Waals surface area contributed by atoms with Crippen LogP contribution in [0.1, 0.15) is 32.3 Å². The third kappa shape index (κ3) is 2.46. The van der Waals surface area contributed by atoms with Gasteiger partial charge in [0.25, 0.3) is 0 Å². The molecule has 0 aromatic heterocycles. The Labute approximate surface area is 88.5 Å². The van der Waals surface area contributed by atoms with Gasteiger partial charge in [0.2, 0.25) is 0 Å².